The molecule has 9 rings (SSSR count). The Bertz CT molecular complexity index is 2300. The molecule has 360 valence electrons. The fraction of sp³-hybridized carbons (Fsp3) is 0.533. The molecule has 0 unspecified atom stereocenters. The smallest absolute Gasteiger partial charge is 0.167 e. The van der Waals surface area contributed by atoms with Crippen LogP contribution in [0.2, 0.25) is 30.1 Å². The van der Waals surface area contributed by atoms with Crippen LogP contribution in [0.25, 0.3) is 33.1 Å². The molecule has 3 aliphatic rings. The van der Waals surface area contributed by atoms with Gasteiger partial charge >= 0.3 is 0 Å². The van der Waals surface area contributed by atoms with Gasteiger partial charge in [0, 0.05) is 17.8 Å². The van der Waals surface area contributed by atoms with Crippen molar-refractivity contribution in [3.05, 3.63) is 65.8 Å². The van der Waals surface area contributed by atoms with E-state index in [9.17, 15) is 30.6 Å². The Morgan fingerprint density at radius 1 is 0.439 bits per heavy atom. The molecule has 3 aromatic carbocycles. The summed E-state index contributed by atoms with van der Waals surface area (Å²) in [5.41, 5.74) is 3.63. The highest BCUT2D eigenvalue weighted by Gasteiger charge is 2.28. The van der Waals surface area contributed by atoms with Crippen molar-refractivity contribution in [2.75, 3.05) is 19.8 Å². The third-order valence-electron chi connectivity index (χ3n) is 12.4. The maximum Gasteiger partial charge on any atom is 0.167 e. The molecule has 6 atom stereocenters. The Hall–Kier alpha value is -3.03. The van der Waals surface area contributed by atoms with Gasteiger partial charge in [0.15, 0.2) is 17.2 Å². The van der Waals surface area contributed by atoms with Crippen LogP contribution in [0.4, 0.5) is 0 Å². The normalized spacial score (nSPS) is 22.2. The number of fused-ring (bicyclic) bond motifs is 3. The predicted octanol–water partition coefficient (Wildman–Crippen LogP) is 9.88. The number of hydrogen-bond acceptors (Lipinski definition) is 12. The van der Waals surface area contributed by atoms with Crippen molar-refractivity contribution in [1.82, 2.24) is 29.9 Å². The molecule has 3 saturated carbocycles. The molecule has 0 bridgehead atoms. The highest BCUT2D eigenvalue weighted by atomic mass is 35.5. The van der Waals surface area contributed by atoms with Gasteiger partial charge in [0.1, 0.15) is 68.9 Å². The number of benzene rings is 3. The lowest BCUT2D eigenvalue weighted by Gasteiger charge is -2.27. The van der Waals surface area contributed by atoms with E-state index in [1.54, 1.807) is 18.2 Å². The van der Waals surface area contributed by atoms with E-state index in [4.69, 9.17) is 83.8 Å². The van der Waals surface area contributed by atoms with E-state index in [-0.39, 0.29) is 55.9 Å². The second-order valence-corrected chi connectivity index (χ2v) is 19.3. The Morgan fingerprint density at radius 2 is 0.697 bits per heavy atom. The van der Waals surface area contributed by atoms with E-state index in [1.807, 2.05) is 0 Å². The fourth-order valence-electron chi connectivity index (χ4n) is 8.69. The number of rotatable bonds is 12. The third kappa shape index (κ3) is 12.0. The van der Waals surface area contributed by atoms with Crippen LogP contribution in [0.1, 0.15) is 94.5 Å². The molecule has 0 saturated heterocycles. The Morgan fingerprint density at radius 3 is 0.939 bits per heavy atom. The molecule has 0 amide bonds. The van der Waals surface area contributed by atoms with Crippen molar-refractivity contribution in [2.24, 2.45) is 17.8 Å². The lowest BCUT2D eigenvalue weighted by atomic mass is 9.87. The van der Waals surface area contributed by atoms with Crippen LogP contribution in [0.3, 0.4) is 0 Å². The van der Waals surface area contributed by atoms with E-state index >= 15 is 0 Å². The number of aliphatic hydroxyl groups is 6. The van der Waals surface area contributed by atoms with Gasteiger partial charge in [-0.1, -0.05) is 108 Å². The molecular weight excluding hydrogens is 981 g/mol. The largest absolute Gasteiger partial charge is 0.489 e. The maximum absolute atomic E-state index is 10.0. The van der Waals surface area contributed by atoms with E-state index in [0.717, 1.165) is 77.0 Å². The number of ether oxygens (including phenoxy) is 3. The van der Waals surface area contributed by atoms with Crippen molar-refractivity contribution in [1.29, 1.82) is 0 Å². The highest BCUT2D eigenvalue weighted by Crippen LogP contribution is 2.42. The summed E-state index contributed by atoms with van der Waals surface area (Å²) >= 11 is 37.1. The maximum atomic E-state index is 10.0. The number of aliphatic hydroxyl groups excluding tert-OH is 6. The quantitative estimate of drug-likeness (QED) is 0.0557. The topological polar surface area (TPSA) is 235 Å². The molecule has 6 aromatic rings. The van der Waals surface area contributed by atoms with Crippen LogP contribution in [0, 0.1) is 17.8 Å². The van der Waals surface area contributed by atoms with Crippen molar-refractivity contribution < 1.29 is 44.8 Å². The minimum atomic E-state index is -0.339. The summed E-state index contributed by atoms with van der Waals surface area (Å²) < 4.78 is 17.6. The first-order valence-corrected chi connectivity index (χ1v) is 24.4. The van der Waals surface area contributed by atoms with E-state index < -0.39 is 0 Å². The Kier molecular flexibility index (Phi) is 18.1. The second kappa shape index (κ2) is 23.5. The Balaban J connectivity index is 0.000000147. The number of aromatic nitrogens is 6. The van der Waals surface area contributed by atoms with Crippen molar-refractivity contribution in [2.45, 2.75) is 115 Å². The van der Waals surface area contributed by atoms with Gasteiger partial charge in [0.2, 0.25) is 0 Å². The second-order valence-electron chi connectivity index (χ2n) is 17.0. The fourth-order valence-corrected chi connectivity index (χ4v) is 9.87. The molecular formula is C45H54Cl6N6O9. The van der Waals surface area contributed by atoms with E-state index in [2.05, 4.69) is 29.9 Å². The third-order valence-corrected chi connectivity index (χ3v) is 14.7. The number of H-pyrrole nitrogens is 3. The van der Waals surface area contributed by atoms with Gasteiger partial charge in [0.05, 0.1) is 69.8 Å². The van der Waals surface area contributed by atoms with Crippen molar-refractivity contribution in [3.63, 3.8) is 0 Å². The van der Waals surface area contributed by atoms with E-state index in [1.165, 1.54) is 0 Å². The molecule has 0 spiro atoms. The molecule has 21 heteroatoms. The number of aromatic amines is 3. The van der Waals surface area contributed by atoms with E-state index in [0.29, 0.717) is 118 Å². The number of hydrogen-bond donors (Lipinski definition) is 9. The monoisotopic (exact) mass is 1030 g/mol. The predicted molar refractivity (Wildman–Crippen MR) is 256 cm³/mol. The number of nitrogens with zero attached hydrogens (tertiary/aromatic N) is 3. The summed E-state index contributed by atoms with van der Waals surface area (Å²) in [6, 6.07) is 4.98. The summed E-state index contributed by atoms with van der Waals surface area (Å²) in [6.07, 6.45) is 10.7. The van der Waals surface area contributed by atoms with Crippen LogP contribution in [-0.2, 0) is 19.8 Å². The van der Waals surface area contributed by atoms with Crippen molar-refractivity contribution in [3.8, 4) is 17.2 Å². The van der Waals surface area contributed by atoms with Gasteiger partial charge in [-0.3, -0.25) is 0 Å². The van der Waals surface area contributed by atoms with Gasteiger partial charge < -0.3 is 59.8 Å². The first-order valence-electron chi connectivity index (χ1n) is 22.1. The zero-order valence-electron chi connectivity index (χ0n) is 35.9. The molecule has 15 nitrogen and oxygen atoms in total. The van der Waals surface area contributed by atoms with Gasteiger partial charge in [-0.15, -0.1) is 0 Å². The summed E-state index contributed by atoms with van der Waals surface area (Å²) in [7, 11) is 0. The molecule has 0 radical (unpaired) electrons. The molecule has 0 aliphatic heterocycles. The number of nitrogens with one attached hydrogen (secondary N) is 3. The molecule has 3 heterocycles. The SMILES string of the molecule is OCc1nc2c(OC[C@@H]3CCCC[C@H]3O)c(Cl)c(Cl)cc2[nH]1.OCc1nc2c(OC[C@H]3CCCC[C@@H]3O)c(Cl)c(Cl)cc2[nH]1.OCc1nc2c(OC[C@H]3CCCC[C@@H]3O)c(Cl)c(Cl)cc2[nH]1. The van der Waals surface area contributed by atoms with Crippen LogP contribution in [0.5, 0.6) is 17.2 Å². The molecule has 9 N–H and O–H groups in total. The summed E-state index contributed by atoms with van der Waals surface area (Å²) in [6.45, 7) is 0.507. The van der Waals surface area contributed by atoms with Gasteiger partial charge in [-0.05, 0) is 56.7 Å². The van der Waals surface area contributed by atoms with Crippen molar-refractivity contribution >= 4 is 103 Å². The van der Waals surface area contributed by atoms with Crippen LogP contribution in [-0.4, -0.2) is 98.7 Å². The lowest BCUT2D eigenvalue weighted by molar-refractivity contribution is 0.0423. The number of imidazole rings is 3. The van der Waals surface area contributed by atoms with Gasteiger partial charge in [-0.2, -0.15) is 0 Å². The molecule has 3 fully saturated rings. The summed E-state index contributed by atoms with van der Waals surface area (Å²) in [5.74, 6) is 2.76. The minimum absolute atomic E-state index is 0.0927. The molecule has 3 aromatic heterocycles. The van der Waals surface area contributed by atoms with Crippen LogP contribution >= 0.6 is 69.6 Å². The molecule has 3 aliphatic carbocycles. The first kappa shape index (κ1) is 50.8. The first-order chi connectivity index (χ1) is 31.8. The lowest BCUT2D eigenvalue weighted by Crippen LogP contribution is -2.29. The zero-order valence-corrected chi connectivity index (χ0v) is 40.5. The minimum Gasteiger partial charge on any atom is -0.489 e. The average molecular weight is 1040 g/mol. The number of halogens is 6. The van der Waals surface area contributed by atoms with Crippen LogP contribution in [0.15, 0.2) is 18.2 Å². The zero-order chi connectivity index (χ0) is 47.1. The summed E-state index contributed by atoms with van der Waals surface area (Å²) in [4.78, 5) is 21.7. The Labute approximate surface area is 411 Å². The summed E-state index contributed by atoms with van der Waals surface area (Å²) in [5, 5.41) is 59.7. The average Bonchev–Trinajstić information content (AvgIpc) is 4.05. The highest BCUT2D eigenvalue weighted by molar-refractivity contribution is 6.45. The molecule has 66 heavy (non-hydrogen) atoms. The van der Waals surface area contributed by atoms with Crippen LogP contribution < -0.4 is 14.2 Å². The van der Waals surface area contributed by atoms with Gasteiger partial charge in [0.25, 0.3) is 0 Å². The van der Waals surface area contributed by atoms with Gasteiger partial charge in [-0.25, -0.2) is 15.0 Å². The standard InChI is InChI=1S/3C15H18Cl2N2O3/c3*16-9-5-10-14(19-12(6-20)18-10)15(13(9)17)22-7-8-3-1-2-4-11(8)21/h3*5,8,11,20-21H,1-4,6-7H2,(H,18,19)/t3*8-,11+/m110/s1.